The van der Waals surface area contributed by atoms with Crippen LogP contribution in [0.25, 0.3) is 0 Å². The average Bonchev–Trinajstić information content (AvgIpc) is 2.83. The molecule has 0 atom stereocenters. The minimum absolute atomic E-state index is 0.262. The Morgan fingerprint density at radius 2 is 1.88 bits per heavy atom. The monoisotopic (exact) mass is 218 g/mol. The lowest BCUT2D eigenvalue weighted by atomic mass is 9.96. The standard InChI is InChI=1S/C14H18O2/c1-2-16-13-9-7-12(8-10-13)14(15)11-5-3-4-6-11/h7-11H,2-6H2,1H3. The topological polar surface area (TPSA) is 26.3 Å². The predicted octanol–water partition coefficient (Wildman–Crippen LogP) is 3.46. The number of rotatable bonds is 4. The van der Waals surface area contributed by atoms with Crippen molar-refractivity contribution in [3.05, 3.63) is 29.8 Å². The molecule has 2 rings (SSSR count). The van der Waals surface area contributed by atoms with Gasteiger partial charge in [0.2, 0.25) is 0 Å². The molecule has 0 aromatic heterocycles. The van der Waals surface area contributed by atoms with Crippen molar-refractivity contribution < 1.29 is 9.53 Å². The maximum atomic E-state index is 12.1. The third-order valence-corrected chi connectivity index (χ3v) is 3.18. The van der Waals surface area contributed by atoms with E-state index in [4.69, 9.17) is 4.74 Å². The molecule has 1 aromatic carbocycles. The van der Waals surface area contributed by atoms with Gasteiger partial charge in [0.15, 0.2) is 5.78 Å². The summed E-state index contributed by atoms with van der Waals surface area (Å²) in [7, 11) is 0. The van der Waals surface area contributed by atoms with E-state index in [2.05, 4.69) is 0 Å². The lowest BCUT2D eigenvalue weighted by Crippen LogP contribution is -2.10. The average molecular weight is 218 g/mol. The van der Waals surface area contributed by atoms with Crippen molar-refractivity contribution >= 4 is 5.78 Å². The number of ether oxygens (including phenoxy) is 1. The van der Waals surface area contributed by atoms with Gasteiger partial charge in [-0.25, -0.2) is 0 Å². The molecule has 2 nitrogen and oxygen atoms in total. The van der Waals surface area contributed by atoms with E-state index in [0.29, 0.717) is 12.4 Å². The van der Waals surface area contributed by atoms with Crippen LogP contribution in [-0.4, -0.2) is 12.4 Å². The van der Waals surface area contributed by atoms with Crippen molar-refractivity contribution in [3.63, 3.8) is 0 Å². The highest BCUT2D eigenvalue weighted by Crippen LogP contribution is 2.28. The second kappa shape index (κ2) is 5.15. The van der Waals surface area contributed by atoms with E-state index in [1.54, 1.807) is 0 Å². The van der Waals surface area contributed by atoms with Crippen molar-refractivity contribution in [2.24, 2.45) is 5.92 Å². The molecule has 0 N–H and O–H groups in total. The quantitative estimate of drug-likeness (QED) is 0.723. The van der Waals surface area contributed by atoms with Crippen LogP contribution in [0.1, 0.15) is 43.0 Å². The van der Waals surface area contributed by atoms with Crippen molar-refractivity contribution in [1.82, 2.24) is 0 Å². The zero-order valence-corrected chi connectivity index (χ0v) is 9.74. The van der Waals surface area contributed by atoms with E-state index in [1.807, 2.05) is 31.2 Å². The summed E-state index contributed by atoms with van der Waals surface area (Å²) in [5.74, 6) is 1.41. The fourth-order valence-corrected chi connectivity index (χ4v) is 2.31. The first-order valence-corrected chi connectivity index (χ1v) is 6.08. The maximum absolute atomic E-state index is 12.1. The van der Waals surface area contributed by atoms with Gasteiger partial charge in [-0.3, -0.25) is 4.79 Å². The third-order valence-electron chi connectivity index (χ3n) is 3.18. The van der Waals surface area contributed by atoms with Crippen LogP contribution in [0.4, 0.5) is 0 Å². The molecule has 0 aliphatic heterocycles. The molecule has 0 unspecified atom stereocenters. The molecule has 0 bridgehead atoms. The van der Waals surface area contributed by atoms with Crippen LogP contribution < -0.4 is 4.74 Å². The molecule has 1 saturated carbocycles. The number of ketones is 1. The van der Waals surface area contributed by atoms with Gasteiger partial charge in [0.05, 0.1) is 6.61 Å². The van der Waals surface area contributed by atoms with Crippen molar-refractivity contribution in [3.8, 4) is 5.75 Å². The molecule has 86 valence electrons. The Balaban J connectivity index is 2.05. The fourth-order valence-electron chi connectivity index (χ4n) is 2.31. The molecule has 0 amide bonds. The molecule has 0 saturated heterocycles. The van der Waals surface area contributed by atoms with Gasteiger partial charge in [-0.05, 0) is 44.0 Å². The molecule has 1 aliphatic rings. The summed E-state index contributed by atoms with van der Waals surface area (Å²) >= 11 is 0. The van der Waals surface area contributed by atoms with E-state index in [1.165, 1.54) is 12.8 Å². The van der Waals surface area contributed by atoms with Crippen LogP contribution in [0, 0.1) is 5.92 Å². The first kappa shape index (κ1) is 11.2. The van der Waals surface area contributed by atoms with Crippen molar-refractivity contribution in [2.75, 3.05) is 6.61 Å². The molecular weight excluding hydrogens is 200 g/mol. The molecule has 2 heteroatoms. The fraction of sp³-hybridized carbons (Fsp3) is 0.500. The number of hydrogen-bond donors (Lipinski definition) is 0. The molecule has 0 radical (unpaired) electrons. The lowest BCUT2D eigenvalue weighted by molar-refractivity contribution is 0.0923. The molecule has 0 spiro atoms. The zero-order chi connectivity index (χ0) is 11.4. The normalized spacial score (nSPS) is 16.3. The summed E-state index contributed by atoms with van der Waals surface area (Å²) in [6.07, 6.45) is 4.53. The smallest absolute Gasteiger partial charge is 0.165 e. The summed E-state index contributed by atoms with van der Waals surface area (Å²) in [6.45, 7) is 2.62. The highest BCUT2D eigenvalue weighted by molar-refractivity contribution is 5.98. The van der Waals surface area contributed by atoms with E-state index in [-0.39, 0.29) is 5.92 Å². The number of benzene rings is 1. The number of hydrogen-bond acceptors (Lipinski definition) is 2. The Labute approximate surface area is 96.6 Å². The molecule has 0 heterocycles. The maximum Gasteiger partial charge on any atom is 0.165 e. The van der Waals surface area contributed by atoms with Gasteiger partial charge in [0.1, 0.15) is 5.75 Å². The van der Waals surface area contributed by atoms with Crippen LogP contribution in [-0.2, 0) is 0 Å². The summed E-state index contributed by atoms with van der Waals surface area (Å²) < 4.78 is 5.35. The van der Waals surface area contributed by atoms with Gasteiger partial charge >= 0.3 is 0 Å². The SMILES string of the molecule is CCOc1ccc(C(=O)C2CCCC2)cc1. The highest BCUT2D eigenvalue weighted by atomic mass is 16.5. The third kappa shape index (κ3) is 2.43. The van der Waals surface area contributed by atoms with Gasteiger partial charge in [-0.1, -0.05) is 12.8 Å². The molecule has 16 heavy (non-hydrogen) atoms. The molecular formula is C14H18O2. The van der Waals surface area contributed by atoms with Crippen LogP contribution in [0.2, 0.25) is 0 Å². The predicted molar refractivity (Wildman–Crippen MR) is 63.9 cm³/mol. The first-order valence-electron chi connectivity index (χ1n) is 6.08. The molecule has 1 aromatic rings. The van der Waals surface area contributed by atoms with Gasteiger partial charge in [0.25, 0.3) is 0 Å². The van der Waals surface area contributed by atoms with E-state index in [0.717, 1.165) is 24.2 Å². The Morgan fingerprint density at radius 3 is 2.44 bits per heavy atom. The number of carbonyl (C=O) groups excluding carboxylic acids is 1. The summed E-state index contributed by atoms with van der Waals surface area (Å²) in [6, 6.07) is 7.52. The van der Waals surface area contributed by atoms with E-state index < -0.39 is 0 Å². The van der Waals surface area contributed by atoms with Gasteiger partial charge < -0.3 is 4.74 Å². The Hall–Kier alpha value is -1.31. The van der Waals surface area contributed by atoms with Crippen LogP contribution in [0.3, 0.4) is 0 Å². The second-order valence-corrected chi connectivity index (χ2v) is 4.30. The summed E-state index contributed by atoms with van der Waals surface area (Å²) in [5, 5.41) is 0. The van der Waals surface area contributed by atoms with Crippen LogP contribution in [0.15, 0.2) is 24.3 Å². The van der Waals surface area contributed by atoms with Gasteiger partial charge in [0, 0.05) is 11.5 Å². The summed E-state index contributed by atoms with van der Waals surface area (Å²) in [5.41, 5.74) is 0.829. The highest BCUT2D eigenvalue weighted by Gasteiger charge is 2.23. The minimum atomic E-state index is 0.262. The number of carbonyl (C=O) groups is 1. The Kier molecular flexibility index (Phi) is 3.60. The summed E-state index contributed by atoms with van der Waals surface area (Å²) in [4.78, 5) is 12.1. The Morgan fingerprint density at radius 1 is 1.25 bits per heavy atom. The first-order chi connectivity index (χ1) is 7.81. The van der Waals surface area contributed by atoms with Crippen LogP contribution >= 0.6 is 0 Å². The van der Waals surface area contributed by atoms with Crippen molar-refractivity contribution in [2.45, 2.75) is 32.6 Å². The molecule has 1 aliphatic carbocycles. The van der Waals surface area contributed by atoms with Gasteiger partial charge in [-0.2, -0.15) is 0 Å². The number of Topliss-reactive ketones (excluding diaryl/α,β-unsaturated/α-hetero) is 1. The minimum Gasteiger partial charge on any atom is -0.494 e. The van der Waals surface area contributed by atoms with E-state index >= 15 is 0 Å². The van der Waals surface area contributed by atoms with E-state index in [9.17, 15) is 4.79 Å². The van der Waals surface area contributed by atoms with Gasteiger partial charge in [-0.15, -0.1) is 0 Å². The largest absolute Gasteiger partial charge is 0.494 e. The van der Waals surface area contributed by atoms with Crippen molar-refractivity contribution in [1.29, 1.82) is 0 Å². The molecule has 1 fully saturated rings. The lowest BCUT2D eigenvalue weighted by Gasteiger charge is -2.08. The van der Waals surface area contributed by atoms with Crippen LogP contribution in [0.5, 0.6) is 5.75 Å². The zero-order valence-electron chi connectivity index (χ0n) is 9.74. The second-order valence-electron chi connectivity index (χ2n) is 4.30. The Bertz CT molecular complexity index is 348.